The van der Waals surface area contributed by atoms with Crippen LogP contribution in [0.15, 0.2) is 40.9 Å². The first-order valence-corrected chi connectivity index (χ1v) is 7.75. The third kappa shape index (κ3) is 2.78. The van der Waals surface area contributed by atoms with Crippen molar-refractivity contribution in [3.8, 4) is 11.3 Å². The molecule has 3 rings (SSSR count). The Balaban J connectivity index is 1.66. The zero-order chi connectivity index (χ0) is 15.7. The minimum Gasteiger partial charge on any atom is -0.356 e. The van der Waals surface area contributed by atoms with Gasteiger partial charge in [-0.1, -0.05) is 49.3 Å². The van der Waals surface area contributed by atoms with E-state index in [0.29, 0.717) is 5.92 Å². The Morgan fingerprint density at radius 3 is 2.73 bits per heavy atom. The van der Waals surface area contributed by atoms with Gasteiger partial charge in [-0.2, -0.15) is 0 Å². The van der Waals surface area contributed by atoms with E-state index in [0.717, 1.165) is 29.9 Å². The molecular weight excluding hydrogens is 276 g/mol. The van der Waals surface area contributed by atoms with E-state index in [1.807, 2.05) is 36.4 Å². The quantitative estimate of drug-likeness (QED) is 0.940. The molecule has 2 atom stereocenters. The van der Waals surface area contributed by atoms with Crippen molar-refractivity contribution in [1.29, 1.82) is 0 Å². The number of carbonyl (C=O) groups excluding carboxylic acids is 1. The number of amides is 1. The van der Waals surface area contributed by atoms with Crippen LogP contribution in [0.2, 0.25) is 0 Å². The van der Waals surface area contributed by atoms with E-state index >= 15 is 0 Å². The second-order valence-electron chi connectivity index (χ2n) is 6.76. The molecule has 2 aromatic rings. The van der Waals surface area contributed by atoms with E-state index in [2.05, 4.69) is 24.3 Å². The summed E-state index contributed by atoms with van der Waals surface area (Å²) >= 11 is 0. The summed E-state index contributed by atoms with van der Waals surface area (Å²) in [7, 11) is 0. The molecule has 1 fully saturated rings. The summed E-state index contributed by atoms with van der Waals surface area (Å²) in [5.74, 6) is 1.37. The standard InChI is InChI=1S/C18H22N2O2/c1-12(21)19-17-10-14(18(17,2)3)9-15-11-16(22-20-15)13-7-5-4-6-8-13/h4-8,11,14,17H,9-10H2,1-3H3,(H,19,21)/t14-,17+/m1/s1. The fourth-order valence-corrected chi connectivity index (χ4v) is 3.25. The Bertz CT molecular complexity index is 661. The van der Waals surface area contributed by atoms with E-state index < -0.39 is 0 Å². The van der Waals surface area contributed by atoms with Crippen LogP contribution in [0, 0.1) is 11.3 Å². The topological polar surface area (TPSA) is 55.1 Å². The lowest BCUT2D eigenvalue weighted by molar-refractivity contribution is -0.123. The maximum atomic E-state index is 11.2. The van der Waals surface area contributed by atoms with Crippen LogP contribution in [0.1, 0.15) is 32.9 Å². The highest BCUT2D eigenvalue weighted by atomic mass is 16.5. The van der Waals surface area contributed by atoms with E-state index in [9.17, 15) is 4.79 Å². The number of rotatable bonds is 4. The zero-order valence-corrected chi connectivity index (χ0v) is 13.3. The molecule has 1 aliphatic rings. The lowest BCUT2D eigenvalue weighted by atomic mass is 9.57. The third-order valence-electron chi connectivity index (χ3n) is 4.92. The Kier molecular flexibility index (Phi) is 3.77. The van der Waals surface area contributed by atoms with Gasteiger partial charge in [0.2, 0.25) is 5.91 Å². The minimum atomic E-state index is 0.0457. The molecule has 1 aliphatic carbocycles. The lowest BCUT2D eigenvalue weighted by Gasteiger charge is -2.52. The molecule has 4 nitrogen and oxygen atoms in total. The van der Waals surface area contributed by atoms with E-state index in [1.54, 1.807) is 6.92 Å². The van der Waals surface area contributed by atoms with Crippen LogP contribution in [-0.4, -0.2) is 17.1 Å². The summed E-state index contributed by atoms with van der Waals surface area (Å²) in [5.41, 5.74) is 2.13. The molecule has 0 bridgehead atoms. The molecule has 4 heteroatoms. The summed E-state index contributed by atoms with van der Waals surface area (Å²) in [6, 6.07) is 12.3. The van der Waals surface area contributed by atoms with Gasteiger partial charge < -0.3 is 9.84 Å². The lowest BCUT2D eigenvalue weighted by Crippen LogP contribution is -2.58. The SMILES string of the molecule is CC(=O)N[C@H]1C[C@@H](Cc2cc(-c3ccccc3)on2)C1(C)C. The largest absolute Gasteiger partial charge is 0.356 e. The summed E-state index contributed by atoms with van der Waals surface area (Å²) in [4.78, 5) is 11.2. The molecule has 1 heterocycles. The summed E-state index contributed by atoms with van der Waals surface area (Å²) < 4.78 is 5.46. The number of hydrogen-bond donors (Lipinski definition) is 1. The van der Waals surface area contributed by atoms with Crippen molar-refractivity contribution in [2.45, 2.75) is 39.7 Å². The fourth-order valence-electron chi connectivity index (χ4n) is 3.25. The van der Waals surface area contributed by atoms with Gasteiger partial charge in [0.05, 0.1) is 5.69 Å². The summed E-state index contributed by atoms with van der Waals surface area (Å²) in [6.07, 6.45) is 1.89. The zero-order valence-electron chi connectivity index (χ0n) is 13.3. The maximum absolute atomic E-state index is 11.2. The fraction of sp³-hybridized carbons (Fsp3) is 0.444. The van der Waals surface area contributed by atoms with Gasteiger partial charge in [-0.05, 0) is 24.2 Å². The highest BCUT2D eigenvalue weighted by molar-refractivity contribution is 5.73. The molecular formula is C18H22N2O2. The monoisotopic (exact) mass is 298 g/mol. The first kappa shape index (κ1) is 14.8. The Labute approximate surface area is 130 Å². The third-order valence-corrected chi connectivity index (χ3v) is 4.92. The van der Waals surface area contributed by atoms with Crippen molar-refractivity contribution < 1.29 is 9.32 Å². The van der Waals surface area contributed by atoms with Crippen LogP contribution < -0.4 is 5.32 Å². The second-order valence-corrected chi connectivity index (χ2v) is 6.76. The number of carbonyl (C=O) groups is 1. The molecule has 1 aromatic carbocycles. The Morgan fingerprint density at radius 2 is 2.09 bits per heavy atom. The van der Waals surface area contributed by atoms with Crippen molar-refractivity contribution in [2.75, 3.05) is 0 Å². The first-order valence-electron chi connectivity index (χ1n) is 7.75. The highest BCUT2D eigenvalue weighted by Gasteiger charge is 2.48. The molecule has 1 amide bonds. The van der Waals surface area contributed by atoms with Crippen molar-refractivity contribution in [1.82, 2.24) is 10.5 Å². The molecule has 0 unspecified atom stereocenters. The van der Waals surface area contributed by atoms with Gasteiger partial charge in [-0.15, -0.1) is 0 Å². The normalized spacial score (nSPS) is 22.9. The van der Waals surface area contributed by atoms with E-state index in [1.165, 1.54) is 0 Å². The first-order chi connectivity index (χ1) is 10.5. The summed E-state index contributed by atoms with van der Waals surface area (Å²) in [6.45, 7) is 5.99. The van der Waals surface area contributed by atoms with Gasteiger partial charge in [0.15, 0.2) is 5.76 Å². The van der Waals surface area contributed by atoms with Gasteiger partial charge in [0.1, 0.15) is 0 Å². The van der Waals surface area contributed by atoms with Gasteiger partial charge >= 0.3 is 0 Å². The van der Waals surface area contributed by atoms with Crippen molar-refractivity contribution in [2.24, 2.45) is 11.3 Å². The Morgan fingerprint density at radius 1 is 1.36 bits per heavy atom. The average molecular weight is 298 g/mol. The number of aromatic nitrogens is 1. The maximum Gasteiger partial charge on any atom is 0.217 e. The molecule has 22 heavy (non-hydrogen) atoms. The highest BCUT2D eigenvalue weighted by Crippen LogP contribution is 2.47. The van der Waals surface area contributed by atoms with Crippen molar-refractivity contribution in [3.63, 3.8) is 0 Å². The molecule has 0 saturated heterocycles. The Hall–Kier alpha value is -2.10. The molecule has 116 valence electrons. The van der Waals surface area contributed by atoms with Crippen molar-refractivity contribution >= 4 is 5.91 Å². The molecule has 1 aromatic heterocycles. The number of benzene rings is 1. The number of nitrogens with zero attached hydrogens (tertiary/aromatic N) is 1. The molecule has 0 radical (unpaired) electrons. The van der Waals surface area contributed by atoms with Gasteiger partial charge in [0, 0.05) is 24.6 Å². The van der Waals surface area contributed by atoms with Crippen LogP contribution >= 0.6 is 0 Å². The molecule has 1 N–H and O–H groups in total. The smallest absolute Gasteiger partial charge is 0.217 e. The molecule has 0 aliphatic heterocycles. The predicted octanol–water partition coefficient (Wildman–Crippen LogP) is 3.43. The molecule has 0 spiro atoms. The minimum absolute atomic E-state index is 0.0457. The van der Waals surface area contributed by atoms with Crippen LogP contribution in [0.5, 0.6) is 0 Å². The number of hydrogen-bond acceptors (Lipinski definition) is 3. The van der Waals surface area contributed by atoms with E-state index in [4.69, 9.17) is 4.52 Å². The second kappa shape index (κ2) is 5.59. The van der Waals surface area contributed by atoms with Gasteiger partial charge in [-0.25, -0.2) is 0 Å². The van der Waals surface area contributed by atoms with Crippen molar-refractivity contribution in [3.05, 3.63) is 42.1 Å². The van der Waals surface area contributed by atoms with Gasteiger partial charge in [0.25, 0.3) is 0 Å². The van der Waals surface area contributed by atoms with Crippen LogP contribution in [0.3, 0.4) is 0 Å². The summed E-state index contributed by atoms with van der Waals surface area (Å²) in [5, 5.41) is 7.24. The average Bonchev–Trinajstić information content (AvgIpc) is 2.95. The predicted molar refractivity (Wildman–Crippen MR) is 85.1 cm³/mol. The van der Waals surface area contributed by atoms with E-state index in [-0.39, 0.29) is 17.4 Å². The van der Waals surface area contributed by atoms with Gasteiger partial charge in [-0.3, -0.25) is 4.79 Å². The molecule has 1 saturated carbocycles. The van der Waals surface area contributed by atoms with Crippen LogP contribution in [0.4, 0.5) is 0 Å². The van der Waals surface area contributed by atoms with Crippen LogP contribution in [-0.2, 0) is 11.2 Å². The number of nitrogens with one attached hydrogen (secondary N) is 1. The van der Waals surface area contributed by atoms with Crippen LogP contribution in [0.25, 0.3) is 11.3 Å².